The summed E-state index contributed by atoms with van der Waals surface area (Å²) in [7, 11) is 0. The third-order valence-electron chi connectivity index (χ3n) is 3.27. The van der Waals surface area contributed by atoms with Gasteiger partial charge in [-0.3, -0.25) is 9.59 Å². The molecule has 2 heterocycles. The maximum absolute atomic E-state index is 11.8. The first-order valence-corrected chi connectivity index (χ1v) is 6.67. The van der Waals surface area contributed by atoms with Gasteiger partial charge in [0.15, 0.2) is 11.5 Å². The number of hydrogen-bond donors (Lipinski definition) is 1. The van der Waals surface area contributed by atoms with Crippen molar-refractivity contribution in [2.45, 2.75) is 19.8 Å². The Morgan fingerprint density at radius 1 is 1.45 bits per heavy atom. The highest BCUT2D eigenvalue weighted by molar-refractivity contribution is 5.90. The first-order chi connectivity index (χ1) is 9.61. The summed E-state index contributed by atoms with van der Waals surface area (Å²) in [6.07, 6.45) is 1.71. The second-order valence-corrected chi connectivity index (χ2v) is 4.68. The van der Waals surface area contributed by atoms with Crippen LogP contribution in [0.4, 0.5) is 5.82 Å². The predicted octanol–water partition coefficient (Wildman–Crippen LogP) is 0.355. The van der Waals surface area contributed by atoms with Gasteiger partial charge in [0.25, 0.3) is 5.91 Å². The molecule has 0 aliphatic carbocycles. The van der Waals surface area contributed by atoms with Crippen LogP contribution in [-0.4, -0.2) is 41.8 Å². The van der Waals surface area contributed by atoms with Gasteiger partial charge in [0.05, 0.1) is 12.5 Å². The Morgan fingerprint density at radius 2 is 2.25 bits per heavy atom. The van der Waals surface area contributed by atoms with Crippen LogP contribution in [0.3, 0.4) is 0 Å². The molecule has 1 unspecified atom stereocenters. The topological polar surface area (TPSA) is 98.4 Å². The van der Waals surface area contributed by atoms with Gasteiger partial charge in [0.1, 0.15) is 0 Å². The number of nitrogens with zero attached hydrogens (tertiary/aromatic N) is 3. The van der Waals surface area contributed by atoms with Crippen molar-refractivity contribution < 1.29 is 14.3 Å². The second-order valence-electron chi connectivity index (χ2n) is 4.68. The molecule has 0 saturated carbocycles. The van der Waals surface area contributed by atoms with Crippen LogP contribution in [0.5, 0.6) is 0 Å². The van der Waals surface area contributed by atoms with Gasteiger partial charge >= 0.3 is 5.97 Å². The zero-order chi connectivity index (χ0) is 14.5. The summed E-state index contributed by atoms with van der Waals surface area (Å²) >= 11 is 0. The summed E-state index contributed by atoms with van der Waals surface area (Å²) in [4.78, 5) is 24.7. The van der Waals surface area contributed by atoms with Gasteiger partial charge in [0.2, 0.25) is 0 Å². The van der Waals surface area contributed by atoms with E-state index in [1.54, 1.807) is 19.1 Å². The van der Waals surface area contributed by atoms with Crippen molar-refractivity contribution in [1.82, 2.24) is 10.2 Å². The minimum Gasteiger partial charge on any atom is -0.466 e. The number of esters is 1. The zero-order valence-electron chi connectivity index (χ0n) is 11.4. The molecule has 1 aromatic rings. The lowest BCUT2D eigenvalue weighted by Gasteiger charge is -2.31. The van der Waals surface area contributed by atoms with Crippen LogP contribution in [-0.2, 0) is 9.53 Å². The van der Waals surface area contributed by atoms with Gasteiger partial charge in [-0.05, 0) is 31.9 Å². The monoisotopic (exact) mass is 278 g/mol. The second kappa shape index (κ2) is 6.31. The number of hydrogen-bond acceptors (Lipinski definition) is 6. The van der Waals surface area contributed by atoms with E-state index < -0.39 is 5.91 Å². The maximum atomic E-state index is 11.8. The largest absolute Gasteiger partial charge is 0.466 e. The number of carbonyl (C=O) groups is 2. The van der Waals surface area contributed by atoms with E-state index in [0.29, 0.717) is 19.0 Å². The van der Waals surface area contributed by atoms with E-state index in [4.69, 9.17) is 10.5 Å². The van der Waals surface area contributed by atoms with E-state index in [0.717, 1.165) is 19.4 Å². The van der Waals surface area contributed by atoms with Crippen LogP contribution in [0.15, 0.2) is 12.1 Å². The third kappa shape index (κ3) is 3.23. The van der Waals surface area contributed by atoms with Crippen molar-refractivity contribution in [3.05, 3.63) is 17.8 Å². The van der Waals surface area contributed by atoms with E-state index in [2.05, 4.69) is 10.2 Å². The number of ether oxygens (including phenoxy) is 1. The number of piperidine rings is 1. The summed E-state index contributed by atoms with van der Waals surface area (Å²) in [5, 5.41) is 7.76. The SMILES string of the molecule is CCOC(=O)C1CCCN(c2ccc(C(N)=O)nn2)C1. The number of primary amides is 1. The fraction of sp³-hybridized carbons (Fsp3) is 0.538. The fourth-order valence-corrected chi connectivity index (χ4v) is 2.26. The summed E-state index contributed by atoms with van der Waals surface area (Å²) in [6, 6.07) is 3.24. The lowest BCUT2D eigenvalue weighted by atomic mass is 9.98. The van der Waals surface area contributed by atoms with Crippen molar-refractivity contribution in [2.24, 2.45) is 11.7 Å². The minimum atomic E-state index is -0.605. The predicted molar refractivity (Wildman–Crippen MR) is 72.1 cm³/mol. The van der Waals surface area contributed by atoms with E-state index in [1.165, 1.54) is 0 Å². The van der Waals surface area contributed by atoms with Gasteiger partial charge in [-0.25, -0.2) is 0 Å². The molecule has 7 heteroatoms. The zero-order valence-corrected chi connectivity index (χ0v) is 11.4. The van der Waals surface area contributed by atoms with Gasteiger partial charge in [-0.15, -0.1) is 10.2 Å². The van der Waals surface area contributed by atoms with Crippen LogP contribution < -0.4 is 10.6 Å². The molecular formula is C13H18N4O3. The lowest BCUT2D eigenvalue weighted by Crippen LogP contribution is -2.40. The number of rotatable bonds is 4. The van der Waals surface area contributed by atoms with Crippen molar-refractivity contribution in [3.63, 3.8) is 0 Å². The Morgan fingerprint density at radius 3 is 2.85 bits per heavy atom. The normalized spacial score (nSPS) is 18.6. The molecule has 1 fully saturated rings. The third-order valence-corrected chi connectivity index (χ3v) is 3.27. The average molecular weight is 278 g/mol. The average Bonchev–Trinajstić information content (AvgIpc) is 2.48. The van der Waals surface area contributed by atoms with Gasteiger partial charge in [-0.2, -0.15) is 0 Å². The molecule has 1 atom stereocenters. The van der Waals surface area contributed by atoms with E-state index in [9.17, 15) is 9.59 Å². The number of aromatic nitrogens is 2. The molecule has 1 saturated heterocycles. The van der Waals surface area contributed by atoms with Crippen LogP contribution in [0, 0.1) is 5.92 Å². The smallest absolute Gasteiger partial charge is 0.310 e. The van der Waals surface area contributed by atoms with Gasteiger partial charge in [-0.1, -0.05) is 0 Å². The van der Waals surface area contributed by atoms with Crippen molar-refractivity contribution in [2.75, 3.05) is 24.6 Å². The molecule has 108 valence electrons. The highest BCUT2D eigenvalue weighted by Gasteiger charge is 2.27. The molecule has 20 heavy (non-hydrogen) atoms. The first-order valence-electron chi connectivity index (χ1n) is 6.67. The summed E-state index contributed by atoms with van der Waals surface area (Å²) in [5.74, 6) is -0.267. The quantitative estimate of drug-likeness (QED) is 0.798. The van der Waals surface area contributed by atoms with Crippen LogP contribution in [0.1, 0.15) is 30.3 Å². The van der Waals surface area contributed by atoms with Crippen LogP contribution in [0.2, 0.25) is 0 Å². The molecule has 7 nitrogen and oxygen atoms in total. The van der Waals surface area contributed by atoms with Crippen LogP contribution >= 0.6 is 0 Å². The standard InChI is InChI=1S/C13H18N4O3/c1-2-20-13(19)9-4-3-7-17(8-9)11-6-5-10(12(14)18)15-16-11/h5-6,9H,2-4,7-8H2,1H3,(H2,14,18). The Balaban J connectivity index is 2.04. The molecule has 0 radical (unpaired) electrons. The van der Waals surface area contributed by atoms with E-state index >= 15 is 0 Å². The first kappa shape index (κ1) is 14.2. The highest BCUT2D eigenvalue weighted by Crippen LogP contribution is 2.22. The number of anilines is 1. The number of amides is 1. The Labute approximate surface area is 117 Å². The minimum absolute atomic E-state index is 0.132. The molecular weight excluding hydrogens is 260 g/mol. The summed E-state index contributed by atoms with van der Waals surface area (Å²) in [5.41, 5.74) is 5.25. The highest BCUT2D eigenvalue weighted by atomic mass is 16.5. The molecule has 1 aromatic heterocycles. The van der Waals surface area contributed by atoms with Crippen molar-refractivity contribution >= 4 is 17.7 Å². The van der Waals surface area contributed by atoms with Gasteiger partial charge < -0.3 is 15.4 Å². The molecule has 2 N–H and O–H groups in total. The van der Waals surface area contributed by atoms with Gasteiger partial charge in [0, 0.05) is 13.1 Å². The molecule has 2 rings (SSSR count). The molecule has 1 aliphatic heterocycles. The molecule has 0 aromatic carbocycles. The number of carbonyl (C=O) groups excluding carboxylic acids is 2. The summed E-state index contributed by atoms with van der Waals surface area (Å²) in [6.45, 7) is 3.55. The fourth-order valence-electron chi connectivity index (χ4n) is 2.26. The Kier molecular flexibility index (Phi) is 4.49. The number of nitrogens with two attached hydrogens (primary N) is 1. The lowest BCUT2D eigenvalue weighted by molar-refractivity contribution is -0.148. The molecule has 0 bridgehead atoms. The molecule has 1 amide bonds. The Bertz CT molecular complexity index is 489. The summed E-state index contributed by atoms with van der Waals surface area (Å²) < 4.78 is 5.05. The maximum Gasteiger partial charge on any atom is 0.310 e. The molecule has 0 spiro atoms. The van der Waals surface area contributed by atoms with Crippen LogP contribution in [0.25, 0.3) is 0 Å². The van der Waals surface area contributed by atoms with Crippen molar-refractivity contribution in [3.8, 4) is 0 Å². The van der Waals surface area contributed by atoms with Crippen molar-refractivity contribution in [1.29, 1.82) is 0 Å². The molecule has 1 aliphatic rings. The van der Waals surface area contributed by atoms with E-state index in [1.807, 2.05) is 4.90 Å². The van der Waals surface area contributed by atoms with E-state index in [-0.39, 0.29) is 17.6 Å². The Hall–Kier alpha value is -2.18.